The van der Waals surface area contributed by atoms with Gasteiger partial charge in [0.15, 0.2) is 0 Å². The predicted octanol–water partition coefficient (Wildman–Crippen LogP) is 5.71. The second-order valence-electron chi connectivity index (χ2n) is 7.97. The first-order valence-corrected chi connectivity index (χ1v) is 11.0. The Kier molecular flexibility index (Phi) is 4.75. The van der Waals surface area contributed by atoms with Crippen LogP contribution < -0.4 is 11.1 Å². The predicted molar refractivity (Wildman–Crippen MR) is 124 cm³/mol. The molecule has 30 heavy (non-hydrogen) atoms. The van der Waals surface area contributed by atoms with E-state index < -0.39 is 0 Å². The van der Waals surface area contributed by atoms with Crippen LogP contribution in [0.4, 0.5) is 11.4 Å². The monoisotopic (exact) mass is 413 g/mol. The van der Waals surface area contributed by atoms with Crippen molar-refractivity contribution in [2.75, 3.05) is 11.1 Å². The first-order chi connectivity index (χ1) is 14.6. The van der Waals surface area contributed by atoms with Gasteiger partial charge in [0.25, 0.3) is 5.91 Å². The van der Waals surface area contributed by atoms with Crippen molar-refractivity contribution in [3.8, 4) is 0 Å². The van der Waals surface area contributed by atoms with Crippen molar-refractivity contribution in [2.45, 2.75) is 32.1 Å². The molecule has 1 unspecified atom stereocenters. The maximum atomic E-state index is 12.9. The molecule has 5 heteroatoms. The minimum absolute atomic E-state index is 0.179. The van der Waals surface area contributed by atoms with Gasteiger partial charge in [0.1, 0.15) is 9.71 Å². The van der Waals surface area contributed by atoms with Gasteiger partial charge in [-0.25, -0.2) is 4.98 Å². The Bertz CT molecular complexity index is 1250. The van der Waals surface area contributed by atoms with Crippen molar-refractivity contribution in [1.29, 1.82) is 0 Å². The molecule has 4 aromatic rings. The lowest BCUT2D eigenvalue weighted by Gasteiger charge is -2.24. The van der Waals surface area contributed by atoms with Crippen LogP contribution in [0.5, 0.6) is 0 Å². The fourth-order valence-electron chi connectivity index (χ4n) is 4.28. The summed E-state index contributed by atoms with van der Waals surface area (Å²) in [6, 6.07) is 20.6. The highest BCUT2D eigenvalue weighted by Crippen LogP contribution is 2.38. The standard InChI is InChI=1S/C25H23N3OS/c1-15-6-5-9-19(12-15)27-24(29)23-22(26)20-14-18-13-17(16-7-3-2-4-8-16)10-11-21(18)28-25(20)30-23/h2-9,12,14,17H,10-11,13,26H2,1H3,(H,27,29). The van der Waals surface area contributed by atoms with Gasteiger partial charge in [-0.2, -0.15) is 0 Å². The number of carbonyl (C=O) groups excluding carboxylic acids is 1. The van der Waals surface area contributed by atoms with Gasteiger partial charge >= 0.3 is 0 Å². The summed E-state index contributed by atoms with van der Waals surface area (Å²) in [6.45, 7) is 2.00. The van der Waals surface area contributed by atoms with E-state index in [-0.39, 0.29) is 5.91 Å². The van der Waals surface area contributed by atoms with E-state index in [1.807, 2.05) is 31.2 Å². The van der Waals surface area contributed by atoms with Crippen molar-refractivity contribution in [3.05, 3.63) is 87.9 Å². The lowest BCUT2D eigenvalue weighted by atomic mass is 9.82. The first kappa shape index (κ1) is 18.8. The van der Waals surface area contributed by atoms with Crippen molar-refractivity contribution in [3.63, 3.8) is 0 Å². The number of aryl methyl sites for hydroxylation is 2. The third kappa shape index (κ3) is 3.46. The zero-order valence-corrected chi connectivity index (χ0v) is 17.6. The molecule has 0 fully saturated rings. The Morgan fingerprint density at radius 1 is 1.13 bits per heavy atom. The van der Waals surface area contributed by atoms with Gasteiger partial charge in [0.2, 0.25) is 0 Å². The van der Waals surface area contributed by atoms with E-state index >= 15 is 0 Å². The summed E-state index contributed by atoms with van der Waals surface area (Å²) in [5.74, 6) is 0.322. The number of fused-ring (bicyclic) bond motifs is 2. The number of aromatic nitrogens is 1. The van der Waals surface area contributed by atoms with Crippen molar-refractivity contribution in [2.24, 2.45) is 0 Å². The molecule has 0 saturated carbocycles. The molecule has 1 aliphatic carbocycles. The van der Waals surface area contributed by atoms with Gasteiger partial charge < -0.3 is 11.1 Å². The van der Waals surface area contributed by atoms with Crippen LogP contribution in [0.25, 0.3) is 10.2 Å². The van der Waals surface area contributed by atoms with Gasteiger partial charge in [-0.05, 0) is 67.0 Å². The summed E-state index contributed by atoms with van der Waals surface area (Å²) in [4.78, 5) is 19.1. The lowest BCUT2D eigenvalue weighted by Crippen LogP contribution is -2.14. The number of nitrogen functional groups attached to an aromatic ring is 1. The molecule has 1 amide bonds. The van der Waals surface area contributed by atoms with Gasteiger partial charge in [-0.1, -0.05) is 42.5 Å². The molecular weight excluding hydrogens is 390 g/mol. The number of thiophene rings is 1. The molecule has 150 valence electrons. The minimum Gasteiger partial charge on any atom is -0.397 e. The summed E-state index contributed by atoms with van der Waals surface area (Å²) < 4.78 is 0. The van der Waals surface area contributed by atoms with E-state index in [1.165, 1.54) is 22.5 Å². The number of amides is 1. The molecule has 0 aliphatic heterocycles. The van der Waals surface area contributed by atoms with Crippen molar-refractivity contribution in [1.82, 2.24) is 4.98 Å². The smallest absolute Gasteiger partial charge is 0.267 e. The average molecular weight is 414 g/mol. The molecule has 4 nitrogen and oxygen atoms in total. The summed E-state index contributed by atoms with van der Waals surface area (Å²) in [5, 5.41) is 3.85. The minimum atomic E-state index is -0.179. The van der Waals surface area contributed by atoms with Crippen molar-refractivity contribution >= 4 is 38.8 Å². The molecule has 0 saturated heterocycles. The van der Waals surface area contributed by atoms with E-state index in [1.54, 1.807) is 0 Å². The SMILES string of the molecule is Cc1cccc(NC(=O)c2sc3nc4c(cc3c2N)CC(c2ccccc2)CC4)c1. The number of benzene rings is 2. The number of hydrogen-bond donors (Lipinski definition) is 2. The van der Waals surface area contributed by atoms with E-state index in [2.05, 4.69) is 41.7 Å². The molecule has 5 rings (SSSR count). The normalized spacial score (nSPS) is 15.7. The van der Waals surface area contributed by atoms with Crippen LogP contribution in [-0.2, 0) is 12.8 Å². The van der Waals surface area contributed by atoms with Gasteiger partial charge in [0.05, 0.1) is 5.69 Å². The molecule has 0 bridgehead atoms. The first-order valence-electron chi connectivity index (χ1n) is 10.2. The Balaban J connectivity index is 1.46. The van der Waals surface area contributed by atoms with Gasteiger partial charge in [0, 0.05) is 16.8 Å². The lowest BCUT2D eigenvalue weighted by molar-refractivity contribution is 0.103. The Morgan fingerprint density at radius 3 is 2.77 bits per heavy atom. The number of hydrogen-bond acceptors (Lipinski definition) is 4. The highest BCUT2D eigenvalue weighted by molar-refractivity contribution is 7.21. The number of nitrogens with one attached hydrogen (secondary N) is 1. The summed E-state index contributed by atoms with van der Waals surface area (Å²) in [6.07, 6.45) is 3.01. The number of nitrogens with two attached hydrogens (primary N) is 1. The molecule has 0 spiro atoms. The largest absolute Gasteiger partial charge is 0.397 e. The maximum absolute atomic E-state index is 12.9. The second-order valence-corrected chi connectivity index (χ2v) is 8.96. The Hall–Kier alpha value is -3.18. The zero-order chi connectivity index (χ0) is 20.7. The van der Waals surface area contributed by atoms with Crippen LogP contribution in [0.3, 0.4) is 0 Å². The van der Waals surface area contributed by atoms with E-state index in [4.69, 9.17) is 10.7 Å². The van der Waals surface area contributed by atoms with Crippen LogP contribution in [0.1, 0.15) is 44.4 Å². The molecule has 0 radical (unpaired) electrons. The number of rotatable bonds is 3. The Labute approximate surface area is 179 Å². The number of pyridine rings is 1. The molecule has 3 N–H and O–H groups in total. The van der Waals surface area contributed by atoms with Gasteiger partial charge in [-0.15, -0.1) is 11.3 Å². The molecule has 2 aromatic heterocycles. The quantitative estimate of drug-likeness (QED) is 0.452. The highest BCUT2D eigenvalue weighted by Gasteiger charge is 2.24. The van der Waals surface area contributed by atoms with E-state index in [9.17, 15) is 4.79 Å². The van der Waals surface area contributed by atoms with E-state index in [0.717, 1.165) is 46.4 Å². The summed E-state index contributed by atoms with van der Waals surface area (Å²) in [7, 11) is 0. The highest BCUT2D eigenvalue weighted by atomic mass is 32.1. The van der Waals surface area contributed by atoms with Crippen LogP contribution in [-0.4, -0.2) is 10.9 Å². The molecular formula is C25H23N3OS. The average Bonchev–Trinajstić information content (AvgIpc) is 3.08. The topological polar surface area (TPSA) is 68.0 Å². The van der Waals surface area contributed by atoms with Crippen LogP contribution in [0, 0.1) is 6.92 Å². The van der Waals surface area contributed by atoms with Crippen LogP contribution >= 0.6 is 11.3 Å². The molecule has 1 aliphatic rings. The number of nitrogens with zero attached hydrogens (tertiary/aromatic N) is 1. The Morgan fingerprint density at radius 2 is 1.97 bits per heavy atom. The zero-order valence-electron chi connectivity index (χ0n) is 16.8. The molecule has 2 aromatic carbocycles. The fraction of sp³-hybridized carbons (Fsp3) is 0.200. The molecule has 2 heterocycles. The third-order valence-electron chi connectivity index (χ3n) is 5.84. The third-order valence-corrected chi connectivity index (χ3v) is 6.95. The maximum Gasteiger partial charge on any atom is 0.267 e. The summed E-state index contributed by atoms with van der Waals surface area (Å²) in [5.41, 5.74) is 12.6. The van der Waals surface area contributed by atoms with E-state index in [0.29, 0.717) is 16.5 Å². The number of carbonyl (C=O) groups is 1. The fourth-order valence-corrected chi connectivity index (χ4v) is 5.27. The van der Waals surface area contributed by atoms with Crippen LogP contribution in [0.2, 0.25) is 0 Å². The summed E-state index contributed by atoms with van der Waals surface area (Å²) >= 11 is 1.38. The molecule has 1 atom stereocenters. The van der Waals surface area contributed by atoms with Gasteiger partial charge in [-0.3, -0.25) is 4.79 Å². The van der Waals surface area contributed by atoms with Crippen LogP contribution in [0.15, 0.2) is 60.7 Å². The number of anilines is 2. The second kappa shape index (κ2) is 7.58. The van der Waals surface area contributed by atoms with Crippen molar-refractivity contribution < 1.29 is 4.79 Å².